The number of nitrogens with one attached hydrogen (secondary N) is 1. The maximum Gasteiger partial charge on any atom is 0.307 e. The predicted molar refractivity (Wildman–Crippen MR) is 112 cm³/mol. The van der Waals surface area contributed by atoms with Gasteiger partial charge in [0.1, 0.15) is 0 Å². The lowest BCUT2D eigenvalue weighted by molar-refractivity contribution is -0.147. The van der Waals surface area contributed by atoms with Crippen molar-refractivity contribution in [3.63, 3.8) is 0 Å². The van der Waals surface area contributed by atoms with Crippen molar-refractivity contribution >= 4 is 29.2 Å². The van der Waals surface area contributed by atoms with Gasteiger partial charge in [0.2, 0.25) is 5.91 Å². The molecule has 2 aromatic rings. The third-order valence-corrected chi connectivity index (χ3v) is 5.45. The summed E-state index contributed by atoms with van der Waals surface area (Å²) in [6, 6.07) is 16.2. The number of carboxylic acids is 1. The first-order valence-corrected chi connectivity index (χ1v) is 10.0. The molecule has 0 aliphatic heterocycles. The second-order valence-electron chi connectivity index (χ2n) is 7.29. The number of rotatable bonds is 6. The number of benzene rings is 2. The van der Waals surface area contributed by atoms with Crippen molar-refractivity contribution in [3.05, 3.63) is 60.2 Å². The largest absolute Gasteiger partial charge is 0.481 e. The number of hydrogen-bond acceptors (Lipinski definition) is 3. The highest BCUT2D eigenvalue weighted by atomic mass is 16.4. The Morgan fingerprint density at radius 1 is 0.966 bits per heavy atom. The molecule has 6 nitrogen and oxygen atoms in total. The zero-order valence-electron chi connectivity index (χ0n) is 16.5. The fraction of sp³-hybridized carbons (Fsp3) is 0.348. The van der Waals surface area contributed by atoms with Gasteiger partial charge >= 0.3 is 5.97 Å². The summed E-state index contributed by atoms with van der Waals surface area (Å²) in [7, 11) is 0. The summed E-state index contributed by atoms with van der Waals surface area (Å²) in [5.74, 6) is -2.44. The predicted octanol–water partition coefficient (Wildman–Crippen LogP) is 4.18. The van der Waals surface area contributed by atoms with Gasteiger partial charge < -0.3 is 15.3 Å². The molecule has 0 spiro atoms. The van der Waals surface area contributed by atoms with Gasteiger partial charge in [-0.25, -0.2) is 0 Å². The van der Waals surface area contributed by atoms with Crippen LogP contribution in [0.2, 0.25) is 0 Å². The summed E-state index contributed by atoms with van der Waals surface area (Å²) in [5.41, 5.74) is 1.91. The van der Waals surface area contributed by atoms with E-state index in [0.717, 1.165) is 18.5 Å². The van der Waals surface area contributed by atoms with E-state index in [2.05, 4.69) is 5.32 Å². The number of carboxylic acid groups (broad SMARTS) is 1. The lowest BCUT2D eigenvalue weighted by Crippen LogP contribution is -2.36. The van der Waals surface area contributed by atoms with Gasteiger partial charge in [-0.3, -0.25) is 14.4 Å². The first-order chi connectivity index (χ1) is 14.0. The van der Waals surface area contributed by atoms with Crippen LogP contribution in [0, 0.1) is 11.8 Å². The molecule has 2 aromatic carbocycles. The molecule has 1 aliphatic rings. The average Bonchev–Trinajstić information content (AvgIpc) is 2.75. The normalized spacial score (nSPS) is 18.7. The summed E-state index contributed by atoms with van der Waals surface area (Å²) < 4.78 is 0. The Bertz CT molecular complexity index is 864. The van der Waals surface area contributed by atoms with Crippen molar-refractivity contribution in [2.24, 2.45) is 11.8 Å². The number of carbonyl (C=O) groups excluding carboxylic acids is 2. The lowest BCUT2D eigenvalue weighted by Gasteiger charge is -2.27. The summed E-state index contributed by atoms with van der Waals surface area (Å²) in [6.07, 6.45) is 2.82. The van der Waals surface area contributed by atoms with Crippen LogP contribution in [0.4, 0.5) is 11.4 Å². The van der Waals surface area contributed by atoms with E-state index >= 15 is 0 Å². The SMILES string of the molecule is CCN(C(=O)c1ccc(NC(=O)[C@@H]2CCCC[C@@H]2C(=O)O)cc1)c1ccccc1. The van der Waals surface area contributed by atoms with E-state index in [9.17, 15) is 19.5 Å². The van der Waals surface area contributed by atoms with Gasteiger partial charge in [-0.05, 0) is 56.2 Å². The van der Waals surface area contributed by atoms with Gasteiger partial charge in [0.25, 0.3) is 5.91 Å². The highest BCUT2D eigenvalue weighted by Crippen LogP contribution is 2.31. The van der Waals surface area contributed by atoms with Crippen LogP contribution in [-0.2, 0) is 9.59 Å². The lowest BCUT2D eigenvalue weighted by atomic mass is 9.78. The minimum absolute atomic E-state index is 0.116. The van der Waals surface area contributed by atoms with Crippen molar-refractivity contribution < 1.29 is 19.5 Å². The molecule has 1 fully saturated rings. The van der Waals surface area contributed by atoms with Crippen molar-refractivity contribution in [1.82, 2.24) is 0 Å². The quantitative estimate of drug-likeness (QED) is 0.769. The van der Waals surface area contributed by atoms with Crippen molar-refractivity contribution in [2.45, 2.75) is 32.6 Å². The van der Waals surface area contributed by atoms with Crippen LogP contribution in [0.25, 0.3) is 0 Å². The molecule has 2 atom stereocenters. The Morgan fingerprint density at radius 3 is 2.17 bits per heavy atom. The number of anilines is 2. The van der Waals surface area contributed by atoms with Crippen LogP contribution >= 0.6 is 0 Å². The second kappa shape index (κ2) is 9.37. The molecule has 6 heteroatoms. The number of aliphatic carboxylic acids is 1. The van der Waals surface area contributed by atoms with Gasteiger partial charge in [-0.1, -0.05) is 31.0 Å². The Balaban J connectivity index is 1.69. The monoisotopic (exact) mass is 394 g/mol. The minimum atomic E-state index is -0.911. The Hall–Kier alpha value is -3.15. The Morgan fingerprint density at radius 2 is 1.59 bits per heavy atom. The Labute approximate surface area is 170 Å². The summed E-state index contributed by atoms with van der Waals surface area (Å²) in [4.78, 5) is 38.6. The van der Waals surface area contributed by atoms with Gasteiger partial charge in [-0.15, -0.1) is 0 Å². The summed E-state index contributed by atoms with van der Waals surface area (Å²) in [5, 5.41) is 12.2. The fourth-order valence-corrected chi connectivity index (χ4v) is 3.88. The zero-order valence-corrected chi connectivity index (χ0v) is 16.5. The standard InChI is InChI=1S/C23H26N2O4/c1-2-25(18-8-4-3-5-9-18)22(27)16-12-14-17(15-13-16)24-21(26)19-10-6-7-11-20(19)23(28)29/h3-5,8-9,12-15,19-20H,2,6-7,10-11H2,1H3,(H,24,26)(H,28,29)/t19-,20+/m1/s1. The highest BCUT2D eigenvalue weighted by Gasteiger charge is 2.35. The molecule has 1 saturated carbocycles. The number of amides is 2. The van der Waals surface area contributed by atoms with E-state index in [1.165, 1.54) is 0 Å². The molecule has 152 valence electrons. The van der Waals surface area contributed by atoms with Crippen LogP contribution in [0.15, 0.2) is 54.6 Å². The smallest absolute Gasteiger partial charge is 0.307 e. The van der Waals surface area contributed by atoms with Crippen LogP contribution < -0.4 is 10.2 Å². The number of hydrogen-bond donors (Lipinski definition) is 2. The van der Waals surface area contributed by atoms with E-state index in [4.69, 9.17) is 0 Å². The number of nitrogens with zero attached hydrogens (tertiary/aromatic N) is 1. The van der Waals surface area contributed by atoms with Crippen LogP contribution in [0.1, 0.15) is 43.0 Å². The van der Waals surface area contributed by atoms with Gasteiger partial charge in [0, 0.05) is 23.5 Å². The van der Waals surface area contributed by atoms with Crippen LogP contribution in [0.5, 0.6) is 0 Å². The van der Waals surface area contributed by atoms with Crippen LogP contribution in [0.3, 0.4) is 0 Å². The third-order valence-electron chi connectivity index (χ3n) is 5.45. The number of carbonyl (C=O) groups is 3. The zero-order chi connectivity index (χ0) is 20.8. The van der Waals surface area contributed by atoms with Gasteiger partial charge in [-0.2, -0.15) is 0 Å². The maximum atomic E-state index is 12.8. The van der Waals surface area contributed by atoms with E-state index in [1.807, 2.05) is 37.3 Å². The molecule has 0 saturated heterocycles. The van der Waals surface area contributed by atoms with Gasteiger partial charge in [0.15, 0.2) is 0 Å². The molecule has 1 aliphatic carbocycles. The van der Waals surface area contributed by atoms with Crippen molar-refractivity contribution in [1.29, 1.82) is 0 Å². The first-order valence-electron chi connectivity index (χ1n) is 10.0. The first kappa shape index (κ1) is 20.6. The summed E-state index contributed by atoms with van der Waals surface area (Å²) in [6.45, 7) is 2.46. The second-order valence-corrected chi connectivity index (χ2v) is 7.29. The Kier molecular flexibility index (Phi) is 6.65. The molecule has 29 heavy (non-hydrogen) atoms. The molecular formula is C23H26N2O4. The van der Waals surface area contributed by atoms with Crippen LogP contribution in [-0.4, -0.2) is 29.4 Å². The molecule has 0 aromatic heterocycles. The molecule has 0 bridgehead atoms. The number of para-hydroxylation sites is 1. The van der Waals surface area contributed by atoms with E-state index < -0.39 is 17.8 Å². The van der Waals surface area contributed by atoms with Crippen molar-refractivity contribution in [3.8, 4) is 0 Å². The maximum absolute atomic E-state index is 12.8. The fourth-order valence-electron chi connectivity index (χ4n) is 3.88. The molecule has 2 amide bonds. The third kappa shape index (κ3) is 4.83. The van der Waals surface area contributed by atoms with Crippen molar-refractivity contribution in [2.75, 3.05) is 16.8 Å². The van der Waals surface area contributed by atoms with E-state index in [-0.39, 0.29) is 11.8 Å². The minimum Gasteiger partial charge on any atom is -0.481 e. The summed E-state index contributed by atoms with van der Waals surface area (Å²) >= 11 is 0. The molecule has 2 N–H and O–H groups in total. The van der Waals surface area contributed by atoms with E-state index in [0.29, 0.717) is 30.6 Å². The topological polar surface area (TPSA) is 86.7 Å². The van der Waals surface area contributed by atoms with E-state index in [1.54, 1.807) is 29.2 Å². The van der Waals surface area contributed by atoms with Gasteiger partial charge in [0.05, 0.1) is 11.8 Å². The molecular weight excluding hydrogens is 368 g/mol. The average molecular weight is 394 g/mol. The molecule has 0 unspecified atom stereocenters. The highest BCUT2D eigenvalue weighted by molar-refractivity contribution is 6.06. The molecule has 3 rings (SSSR count). The molecule has 0 radical (unpaired) electrons. The molecule has 0 heterocycles.